The number of para-hydroxylation sites is 1. The Labute approximate surface area is 181 Å². The van der Waals surface area contributed by atoms with Gasteiger partial charge >= 0.3 is 5.97 Å². The predicted octanol–water partition coefficient (Wildman–Crippen LogP) is 4.51. The van der Waals surface area contributed by atoms with E-state index in [2.05, 4.69) is 15.3 Å². The van der Waals surface area contributed by atoms with Gasteiger partial charge in [-0.1, -0.05) is 24.3 Å². The number of nitrogens with zero attached hydrogens (tertiary/aromatic N) is 5. The Morgan fingerprint density at radius 3 is 2.68 bits per heavy atom. The average Bonchev–Trinajstić information content (AvgIpc) is 3.53. The minimum absolute atomic E-state index is 0.107. The normalized spacial score (nSPS) is 11.2. The Bertz CT molecular complexity index is 1370. The molecule has 1 aromatic carbocycles. The Kier molecular flexibility index (Phi) is 4.79. The molecule has 9 heteroatoms. The highest BCUT2D eigenvalue weighted by atomic mass is 32.1. The van der Waals surface area contributed by atoms with Crippen LogP contribution in [0.1, 0.15) is 27.8 Å². The summed E-state index contributed by atoms with van der Waals surface area (Å²) in [6, 6.07) is 15.4. The van der Waals surface area contributed by atoms with E-state index in [4.69, 9.17) is 14.1 Å². The topological polar surface area (TPSA) is 95.9 Å². The summed E-state index contributed by atoms with van der Waals surface area (Å²) in [6.07, 6.45) is 0. The molecule has 4 aromatic heterocycles. The number of carbonyl (C=O) groups excluding carboxylic acids is 1. The van der Waals surface area contributed by atoms with E-state index in [1.165, 1.54) is 0 Å². The fraction of sp³-hybridized carbons (Fsp3) is 0.136. The van der Waals surface area contributed by atoms with Crippen molar-refractivity contribution in [3.63, 3.8) is 0 Å². The lowest BCUT2D eigenvalue weighted by atomic mass is 10.1. The van der Waals surface area contributed by atoms with Gasteiger partial charge in [-0.15, -0.1) is 21.5 Å². The van der Waals surface area contributed by atoms with Gasteiger partial charge in [-0.2, -0.15) is 5.10 Å². The standard InChI is InChI=1S/C22H17N5O3S/c1-13-20-16(22(28)29-12-19-25-24-14(2)30-19)11-17(18-9-6-10-31-18)23-21(20)27(26-13)15-7-4-3-5-8-15/h3-11H,12H2,1-2H3. The predicted molar refractivity (Wildman–Crippen MR) is 115 cm³/mol. The Balaban J connectivity index is 1.64. The fourth-order valence-electron chi connectivity index (χ4n) is 3.35. The maximum atomic E-state index is 13.1. The van der Waals surface area contributed by atoms with Crippen LogP contribution in [-0.2, 0) is 11.3 Å². The Morgan fingerprint density at radius 2 is 1.97 bits per heavy atom. The molecule has 4 heterocycles. The van der Waals surface area contributed by atoms with Crippen molar-refractivity contribution in [2.45, 2.75) is 20.5 Å². The zero-order valence-corrected chi connectivity index (χ0v) is 17.6. The first-order valence-electron chi connectivity index (χ1n) is 9.56. The van der Waals surface area contributed by atoms with E-state index in [0.717, 1.165) is 10.6 Å². The first-order chi connectivity index (χ1) is 15.1. The van der Waals surface area contributed by atoms with Crippen LogP contribution in [0.25, 0.3) is 27.3 Å². The maximum absolute atomic E-state index is 13.1. The van der Waals surface area contributed by atoms with E-state index in [9.17, 15) is 4.79 Å². The SMILES string of the molecule is Cc1nnc(COC(=O)c2cc(-c3cccs3)nc3c2c(C)nn3-c2ccccc2)o1. The quantitative estimate of drug-likeness (QED) is 0.378. The number of ether oxygens (including phenoxy) is 1. The maximum Gasteiger partial charge on any atom is 0.339 e. The number of fused-ring (bicyclic) bond motifs is 1. The van der Waals surface area contributed by atoms with Crippen LogP contribution in [0.2, 0.25) is 0 Å². The molecule has 0 N–H and O–H groups in total. The molecule has 0 fully saturated rings. The zero-order chi connectivity index (χ0) is 21.4. The number of hydrogen-bond acceptors (Lipinski definition) is 8. The molecule has 5 rings (SSSR count). The van der Waals surface area contributed by atoms with Crippen molar-refractivity contribution < 1.29 is 13.9 Å². The zero-order valence-electron chi connectivity index (χ0n) is 16.8. The molecule has 0 bridgehead atoms. The molecule has 31 heavy (non-hydrogen) atoms. The number of aromatic nitrogens is 5. The molecule has 0 spiro atoms. The fourth-order valence-corrected chi connectivity index (χ4v) is 4.04. The second-order valence-corrected chi connectivity index (χ2v) is 7.80. The van der Waals surface area contributed by atoms with Gasteiger partial charge in [0.25, 0.3) is 5.89 Å². The third-order valence-corrected chi connectivity index (χ3v) is 5.59. The summed E-state index contributed by atoms with van der Waals surface area (Å²) < 4.78 is 12.5. The largest absolute Gasteiger partial charge is 0.452 e. The van der Waals surface area contributed by atoms with Gasteiger partial charge in [0.05, 0.1) is 32.9 Å². The van der Waals surface area contributed by atoms with Crippen LogP contribution in [0.5, 0.6) is 0 Å². The molecular formula is C22H17N5O3S. The molecule has 0 saturated carbocycles. The molecule has 154 valence electrons. The number of benzene rings is 1. The second kappa shape index (κ2) is 7.77. The highest BCUT2D eigenvalue weighted by Gasteiger charge is 2.22. The van der Waals surface area contributed by atoms with Gasteiger partial charge in [0.2, 0.25) is 5.89 Å². The van der Waals surface area contributed by atoms with Crippen LogP contribution in [0.15, 0.2) is 58.3 Å². The molecule has 8 nitrogen and oxygen atoms in total. The van der Waals surface area contributed by atoms with E-state index in [1.807, 2.05) is 54.8 Å². The highest BCUT2D eigenvalue weighted by molar-refractivity contribution is 7.13. The Hall–Kier alpha value is -3.85. The molecule has 0 aliphatic heterocycles. The summed E-state index contributed by atoms with van der Waals surface area (Å²) in [5.74, 6) is 0.153. The van der Waals surface area contributed by atoms with Crippen LogP contribution < -0.4 is 0 Å². The van der Waals surface area contributed by atoms with Crippen molar-refractivity contribution in [2.75, 3.05) is 0 Å². The van der Waals surface area contributed by atoms with E-state index in [1.54, 1.807) is 29.0 Å². The van der Waals surface area contributed by atoms with Crippen LogP contribution in [0.3, 0.4) is 0 Å². The lowest BCUT2D eigenvalue weighted by Gasteiger charge is -2.08. The van der Waals surface area contributed by atoms with Crippen LogP contribution >= 0.6 is 11.3 Å². The minimum Gasteiger partial charge on any atom is -0.452 e. The lowest BCUT2D eigenvalue weighted by Crippen LogP contribution is -2.08. The van der Waals surface area contributed by atoms with Gasteiger partial charge in [0.15, 0.2) is 12.3 Å². The monoisotopic (exact) mass is 431 g/mol. The minimum atomic E-state index is -0.503. The molecule has 0 saturated heterocycles. The van der Waals surface area contributed by atoms with Gasteiger partial charge in [-0.05, 0) is 36.6 Å². The molecule has 0 aliphatic rings. The van der Waals surface area contributed by atoms with Gasteiger partial charge in [0.1, 0.15) is 0 Å². The first kappa shape index (κ1) is 19.1. The van der Waals surface area contributed by atoms with Crippen molar-refractivity contribution in [1.29, 1.82) is 0 Å². The molecule has 0 radical (unpaired) electrons. The number of carbonyl (C=O) groups is 1. The van der Waals surface area contributed by atoms with Crippen molar-refractivity contribution in [2.24, 2.45) is 0 Å². The number of thiophene rings is 1. The molecule has 0 amide bonds. The smallest absolute Gasteiger partial charge is 0.339 e. The summed E-state index contributed by atoms with van der Waals surface area (Å²) >= 11 is 1.55. The van der Waals surface area contributed by atoms with Crippen molar-refractivity contribution in [3.05, 3.63) is 76.9 Å². The first-order valence-corrected chi connectivity index (χ1v) is 10.4. The van der Waals surface area contributed by atoms with Gasteiger partial charge < -0.3 is 9.15 Å². The lowest BCUT2D eigenvalue weighted by molar-refractivity contribution is 0.0439. The van der Waals surface area contributed by atoms with E-state index in [-0.39, 0.29) is 12.5 Å². The number of hydrogen-bond donors (Lipinski definition) is 0. The Morgan fingerprint density at radius 1 is 1.13 bits per heavy atom. The van der Waals surface area contributed by atoms with Gasteiger partial charge in [-0.3, -0.25) is 0 Å². The number of rotatable bonds is 5. The van der Waals surface area contributed by atoms with Gasteiger partial charge in [0, 0.05) is 6.92 Å². The summed E-state index contributed by atoms with van der Waals surface area (Å²) in [6.45, 7) is 3.43. The summed E-state index contributed by atoms with van der Waals surface area (Å²) in [5, 5.41) is 14.9. The van der Waals surface area contributed by atoms with Gasteiger partial charge in [-0.25, -0.2) is 14.5 Å². The number of esters is 1. The molecule has 0 aliphatic carbocycles. The van der Waals surface area contributed by atoms with Crippen LogP contribution in [0.4, 0.5) is 0 Å². The molecule has 5 aromatic rings. The molecule has 0 unspecified atom stereocenters. The van der Waals surface area contributed by atoms with Crippen molar-refractivity contribution in [3.8, 4) is 16.3 Å². The third kappa shape index (κ3) is 3.59. The number of aryl methyl sites for hydroxylation is 2. The molecule has 0 atom stereocenters. The summed E-state index contributed by atoms with van der Waals surface area (Å²) in [5.41, 5.74) is 3.21. The third-order valence-electron chi connectivity index (χ3n) is 4.70. The van der Waals surface area contributed by atoms with Crippen LogP contribution in [0, 0.1) is 13.8 Å². The summed E-state index contributed by atoms with van der Waals surface area (Å²) in [7, 11) is 0. The van der Waals surface area contributed by atoms with E-state index < -0.39 is 5.97 Å². The average molecular weight is 431 g/mol. The molecular weight excluding hydrogens is 414 g/mol. The van der Waals surface area contributed by atoms with E-state index >= 15 is 0 Å². The second-order valence-electron chi connectivity index (χ2n) is 6.85. The van der Waals surface area contributed by atoms with Crippen molar-refractivity contribution >= 4 is 28.3 Å². The summed E-state index contributed by atoms with van der Waals surface area (Å²) in [4.78, 5) is 18.9. The van der Waals surface area contributed by atoms with Crippen molar-refractivity contribution in [1.82, 2.24) is 25.0 Å². The number of pyridine rings is 1. The van der Waals surface area contributed by atoms with E-state index in [0.29, 0.717) is 33.9 Å². The highest BCUT2D eigenvalue weighted by Crippen LogP contribution is 2.31. The van der Waals surface area contributed by atoms with Crippen LogP contribution in [-0.4, -0.2) is 30.9 Å².